The van der Waals surface area contributed by atoms with Gasteiger partial charge in [-0.2, -0.15) is 0 Å². The molecule has 0 radical (unpaired) electrons. The Morgan fingerprint density at radius 2 is 1.46 bits per heavy atom. The molecule has 1 saturated heterocycles. The van der Waals surface area contributed by atoms with Crippen molar-refractivity contribution in [2.24, 2.45) is 0 Å². The number of nitrogens with zero attached hydrogens (tertiary/aromatic N) is 3. The van der Waals surface area contributed by atoms with Crippen LogP contribution in [0.15, 0.2) is 103 Å². The summed E-state index contributed by atoms with van der Waals surface area (Å²) in [5.41, 5.74) is 3.23. The van der Waals surface area contributed by atoms with Gasteiger partial charge < -0.3 is 19.7 Å². The number of Topliss-reactive ketones (excluding diaryl/α,β-unsaturated/α-hetero) is 1. The minimum Gasteiger partial charge on any atom is -0.445 e. The largest absolute Gasteiger partial charge is 0.445 e. The molecule has 11 nitrogen and oxygen atoms in total. The summed E-state index contributed by atoms with van der Waals surface area (Å²) in [5, 5.41) is 2.94. The third kappa shape index (κ3) is 9.86. The summed E-state index contributed by atoms with van der Waals surface area (Å²) in [5.74, 6) is -1.44. The first-order chi connectivity index (χ1) is 27.2. The summed E-state index contributed by atoms with van der Waals surface area (Å²) < 4.78 is 26.6. The number of amides is 4. The molecule has 1 N–H and O–H groups in total. The fourth-order valence-electron chi connectivity index (χ4n) is 7.39. The molecule has 1 fully saturated rings. The highest BCUT2D eigenvalue weighted by atomic mass is 19.1. The topological polar surface area (TPSA) is 126 Å². The number of likely N-dealkylation sites (tertiary alicyclic amines) is 1. The van der Waals surface area contributed by atoms with Crippen molar-refractivity contribution in [2.45, 2.75) is 96.9 Å². The van der Waals surface area contributed by atoms with Crippen molar-refractivity contribution in [1.29, 1.82) is 0 Å². The van der Waals surface area contributed by atoms with E-state index in [4.69, 9.17) is 9.47 Å². The van der Waals surface area contributed by atoms with Crippen molar-refractivity contribution in [3.05, 3.63) is 142 Å². The molecule has 0 unspecified atom stereocenters. The van der Waals surface area contributed by atoms with Gasteiger partial charge >= 0.3 is 12.2 Å². The number of fused-ring (bicyclic) bond motifs is 1. The molecule has 57 heavy (non-hydrogen) atoms. The minimum atomic E-state index is -0.937. The molecule has 4 aromatic carbocycles. The van der Waals surface area contributed by atoms with Crippen molar-refractivity contribution in [3.8, 4) is 0 Å². The van der Waals surface area contributed by atoms with Crippen LogP contribution in [0.2, 0.25) is 0 Å². The van der Waals surface area contributed by atoms with E-state index < -0.39 is 53.7 Å². The Bertz CT molecular complexity index is 2100. The molecule has 6 rings (SSSR count). The molecule has 12 heteroatoms. The number of carbonyl (C=O) groups is 5. The Morgan fingerprint density at radius 1 is 0.807 bits per heavy atom. The van der Waals surface area contributed by atoms with E-state index in [9.17, 15) is 24.0 Å². The van der Waals surface area contributed by atoms with Gasteiger partial charge in [-0.1, -0.05) is 84.9 Å². The predicted octanol–water partition coefficient (Wildman–Crippen LogP) is 7.38. The van der Waals surface area contributed by atoms with Crippen LogP contribution in [-0.4, -0.2) is 74.8 Å². The summed E-state index contributed by atoms with van der Waals surface area (Å²) in [6, 6.07) is 27.1. The highest BCUT2D eigenvalue weighted by molar-refractivity contribution is 5.95. The first-order valence-corrected chi connectivity index (χ1v) is 19.2. The molecule has 298 valence electrons. The van der Waals surface area contributed by atoms with Gasteiger partial charge in [0.2, 0.25) is 5.91 Å². The summed E-state index contributed by atoms with van der Waals surface area (Å²) >= 11 is 0. The summed E-state index contributed by atoms with van der Waals surface area (Å²) in [4.78, 5) is 71.7. The predicted molar refractivity (Wildman–Crippen MR) is 211 cm³/mol. The molecule has 0 aromatic heterocycles. The monoisotopic (exact) mass is 776 g/mol. The SMILES string of the molecule is CC(=O)[C@@H]1C[C@H](NC(=O)c2ccc(CN(C(=O)[C@@H]3Cc4ccccc4CN3C(=O)OCc3ccccc3)[C@H](C)c3ccccc3F)cc2)CN1C(=O)OC(C)(C)C. The van der Waals surface area contributed by atoms with E-state index >= 15 is 4.39 Å². The summed E-state index contributed by atoms with van der Waals surface area (Å²) in [6.45, 7) is 8.77. The number of halogens is 1. The summed E-state index contributed by atoms with van der Waals surface area (Å²) in [6.07, 6.45) is -0.749. The fourth-order valence-corrected chi connectivity index (χ4v) is 7.39. The minimum absolute atomic E-state index is 0.0358. The first kappa shape index (κ1) is 40.6. The van der Waals surface area contributed by atoms with Gasteiger partial charge in [0.05, 0.1) is 18.6 Å². The molecule has 0 aliphatic carbocycles. The third-order valence-corrected chi connectivity index (χ3v) is 10.4. The van der Waals surface area contributed by atoms with E-state index in [2.05, 4.69) is 5.32 Å². The molecule has 4 atom stereocenters. The van der Waals surface area contributed by atoms with E-state index in [0.29, 0.717) is 16.7 Å². The van der Waals surface area contributed by atoms with Crippen LogP contribution in [-0.2, 0) is 45.2 Å². The Labute approximate surface area is 332 Å². The van der Waals surface area contributed by atoms with Gasteiger partial charge in [0.1, 0.15) is 24.1 Å². The lowest BCUT2D eigenvalue weighted by Gasteiger charge is -2.40. The second-order valence-electron chi connectivity index (χ2n) is 15.7. The Morgan fingerprint density at radius 3 is 2.12 bits per heavy atom. The van der Waals surface area contributed by atoms with Gasteiger partial charge in [0.15, 0.2) is 5.78 Å². The maximum atomic E-state index is 15.3. The van der Waals surface area contributed by atoms with Gasteiger partial charge in [-0.25, -0.2) is 14.0 Å². The van der Waals surface area contributed by atoms with E-state index in [-0.39, 0.29) is 50.8 Å². The van der Waals surface area contributed by atoms with Crippen molar-refractivity contribution in [3.63, 3.8) is 0 Å². The third-order valence-electron chi connectivity index (χ3n) is 10.4. The molecule has 2 aliphatic rings. The van der Waals surface area contributed by atoms with Gasteiger partial charge in [-0.3, -0.25) is 24.2 Å². The molecular formula is C45H49FN4O7. The van der Waals surface area contributed by atoms with E-state index in [1.807, 2.05) is 54.6 Å². The maximum Gasteiger partial charge on any atom is 0.411 e. The van der Waals surface area contributed by atoms with Crippen LogP contribution >= 0.6 is 0 Å². The van der Waals surface area contributed by atoms with Gasteiger partial charge in [-0.05, 0) is 81.5 Å². The fraction of sp³-hybridized carbons (Fsp3) is 0.356. The van der Waals surface area contributed by atoms with Crippen LogP contribution in [0.25, 0.3) is 0 Å². The molecule has 4 aromatic rings. The van der Waals surface area contributed by atoms with Gasteiger partial charge in [0, 0.05) is 36.7 Å². The lowest BCUT2D eigenvalue weighted by Crippen LogP contribution is -2.54. The highest BCUT2D eigenvalue weighted by Gasteiger charge is 2.41. The van der Waals surface area contributed by atoms with E-state index in [0.717, 1.165) is 16.7 Å². The number of ether oxygens (including phenoxy) is 2. The van der Waals surface area contributed by atoms with Crippen LogP contribution < -0.4 is 5.32 Å². The van der Waals surface area contributed by atoms with Crippen molar-refractivity contribution < 1.29 is 37.8 Å². The number of ketones is 1. The molecule has 2 heterocycles. The molecule has 0 saturated carbocycles. The lowest BCUT2D eigenvalue weighted by atomic mass is 9.92. The maximum absolute atomic E-state index is 15.3. The zero-order valence-electron chi connectivity index (χ0n) is 32.9. The van der Waals surface area contributed by atoms with E-state index in [1.54, 1.807) is 75.1 Å². The smallest absolute Gasteiger partial charge is 0.411 e. The zero-order chi connectivity index (χ0) is 40.9. The van der Waals surface area contributed by atoms with Crippen LogP contribution in [0.4, 0.5) is 14.0 Å². The van der Waals surface area contributed by atoms with Crippen molar-refractivity contribution in [1.82, 2.24) is 20.0 Å². The number of nitrogens with one attached hydrogen (secondary N) is 1. The summed E-state index contributed by atoms with van der Waals surface area (Å²) in [7, 11) is 0. The van der Waals surface area contributed by atoms with Gasteiger partial charge in [0.25, 0.3) is 5.91 Å². The number of hydrogen-bond donors (Lipinski definition) is 1. The number of carbonyl (C=O) groups excluding carboxylic acids is 5. The molecule has 0 spiro atoms. The van der Waals surface area contributed by atoms with Crippen molar-refractivity contribution in [2.75, 3.05) is 6.54 Å². The Balaban J connectivity index is 1.22. The first-order valence-electron chi connectivity index (χ1n) is 19.2. The normalized spacial score (nSPS) is 18.2. The second-order valence-corrected chi connectivity index (χ2v) is 15.7. The number of benzene rings is 4. The Hall–Kier alpha value is -6.04. The molecule has 2 aliphatic heterocycles. The molecule has 4 amide bonds. The number of hydrogen-bond acceptors (Lipinski definition) is 7. The van der Waals surface area contributed by atoms with Crippen LogP contribution in [0.5, 0.6) is 0 Å². The number of rotatable bonds is 10. The average molecular weight is 777 g/mol. The van der Waals surface area contributed by atoms with Crippen molar-refractivity contribution >= 4 is 29.8 Å². The standard InChI is InChI=1S/C45H49FN4O7/c1-29(37-17-11-12-18-38(37)46)48(42(53)40-23-34-15-9-10-16-35(34)26-49(40)43(54)56-28-32-13-7-6-8-14-32)25-31-19-21-33(22-20-31)41(52)47-36-24-39(30(2)51)50(27-36)44(55)57-45(3,4)5/h6-22,29,36,39-40H,23-28H2,1-5H3,(H,47,52)/t29-,36+,39+,40+/m1/s1. The van der Waals surface area contributed by atoms with Crippen LogP contribution in [0, 0.1) is 5.82 Å². The molecule has 0 bridgehead atoms. The Kier molecular flexibility index (Phi) is 12.4. The molecular weight excluding hydrogens is 728 g/mol. The average Bonchev–Trinajstić information content (AvgIpc) is 3.62. The quantitative estimate of drug-likeness (QED) is 0.178. The lowest BCUT2D eigenvalue weighted by molar-refractivity contribution is -0.140. The zero-order valence-corrected chi connectivity index (χ0v) is 32.9. The van der Waals surface area contributed by atoms with E-state index in [1.165, 1.54) is 22.8 Å². The van der Waals surface area contributed by atoms with Crippen LogP contribution in [0.3, 0.4) is 0 Å². The van der Waals surface area contributed by atoms with Gasteiger partial charge in [-0.15, -0.1) is 0 Å². The second kappa shape index (κ2) is 17.4. The van der Waals surface area contributed by atoms with Crippen LogP contribution in [0.1, 0.15) is 85.3 Å². The highest BCUT2D eigenvalue weighted by Crippen LogP contribution is 2.31.